The van der Waals surface area contributed by atoms with Crippen LogP contribution in [0, 0.1) is 6.92 Å². The number of hydrogen-bond acceptors (Lipinski definition) is 6. The van der Waals surface area contributed by atoms with Crippen molar-refractivity contribution < 1.29 is 31.2 Å². The van der Waals surface area contributed by atoms with Crippen LogP contribution in [0.2, 0.25) is 0 Å². The van der Waals surface area contributed by atoms with Gasteiger partial charge in [-0.2, -0.15) is 0 Å². The van der Waals surface area contributed by atoms with Gasteiger partial charge in [-0.15, -0.1) is 0 Å². The topological polar surface area (TPSA) is 131 Å². The van der Waals surface area contributed by atoms with Gasteiger partial charge in [0.1, 0.15) is 20.5 Å². The van der Waals surface area contributed by atoms with Crippen molar-refractivity contribution in [3.05, 3.63) is 17.6 Å². The molecule has 8 nitrogen and oxygen atoms in total. The molecule has 0 aliphatic rings. The van der Waals surface area contributed by atoms with Crippen molar-refractivity contribution >= 4 is 25.8 Å². The van der Waals surface area contributed by atoms with Gasteiger partial charge in [-0.1, -0.05) is 0 Å². The minimum absolute atomic E-state index is 0.0435. The molecule has 2 N–H and O–H groups in total. The molecule has 0 saturated heterocycles. The summed E-state index contributed by atoms with van der Waals surface area (Å²) in [5.41, 5.74) is 0. The Kier molecular flexibility index (Phi) is 4.95. The molecule has 0 fully saturated rings. The van der Waals surface area contributed by atoms with Crippen molar-refractivity contribution in [2.24, 2.45) is 0 Å². The second-order valence-electron chi connectivity index (χ2n) is 4.22. The molecule has 10 heteroatoms. The van der Waals surface area contributed by atoms with Gasteiger partial charge in [0.2, 0.25) is 15.8 Å². The lowest BCUT2D eigenvalue weighted by Gasteiger charge is -2.04. The van der Waals surface area contributed by atoms with Crippen LogP contribution < -0.4 is 4.72 Å². The molecule has 114 valence electrons. The van der Waals surface area contributed by atoms with Crippen molar-refractivity contribution in [1.82, 2.24) is 4.72 Å². The molecule has 0 radical (unpaired) electrons. The summed E-state index contributed by atoms with van der Waals surface area (Å²) in [4.78, 5) is 10.4. The summed E-state index contributed by atoms with van der Waals surface area (Å²) in [6.07, 6.45) is 1.18. The number of carboxylic acids is 1. The summed E-state index contributed by atoms with van der Waals surface area (Å²) in [7, 11) is -7.08. The van der Waals surface area contributed by atoms with Gasteiger partial charge >= 0.3 is 5.97 Å². The van der Waals surface area contributed by atoms with Crippen LogP contribution in [0.1, 0.15) is 22.7 Å². The van der Waals surface area contributed by atoms with E-state index in [1.165, 1.54) is 6.92 Å². The quantitative estimate of drug-likeness (QED) is 0.674. The van der Waals surface area contributed by atoms with Crippen LogP contribution in [-0.4, -0.2) is 46.5 Å². The Hall–Kier alpha value is -1.39. The highest BCUT2D eigenvalue weighted by Gasteiger charge is 2.23. The largest absolute Gasteiger partial charge is 0.475 e. The summed E-state index contributed by atoms with van der Waals surface area (Å²) in [6, 6.07) is 0.913. The summed E-state index contributed by atoms with van der Waals surface area (Å²) < 4.78 is 52.6. The first-order valence-electron chi connectivity index (χ1n) is 5.54. The van der Waals surface area contributed by atoms with Gasteiger partial charge in [-0.25, -0.2) is 26.4 Å². The first-order valence-corrected chi connectivity index (χ1v) is 9.08. The van der Waals surface area contributed by atoms with Gasteiger partial charge in [0.25, 0.3) is 0 Å². The van der Waals surface area contributed by atoms with Crippen LogP contribution in [0.3, 0.4) is 0 Å². The number of nitrogens with one attached hydrogen (secondary N) is 1. The van der Waals surface area contributed by atoms with E-state index in [0.717, 1.165) is 12.3 Å². The summed E-state index contributed by atoms with van der Waals surface area (Å²) >= 11 is 0. The van der Waals surface area contributed by atoms with Crippen molar-refractivity contribution in [3.63, 3.8) is 0 Å². The zero-order chi connectivity index (χ0) is 15.6. The molecule has 0 spiro atoms. The monoisotopic (exact) mass is 325 g/mol. The van der Waals surface area contributed by atoms with E-state index in [-0.39, 0.29) is 29.4 Å². The first-order chi connectivity index (χ1) is 9.03. The molecule has 0 atom stereocenters. The SMILES string of the molecule is Cc1oc(C(=O)O)cc1S(=O)(=O)NCCCS(C)(=O)=O. The fraction of sp³-hybridized carbons (Fsp3) is 0.500. The van der Waals surface area contributed by atoms with E-state index < -0.39 is 31.6 Å². The zero-order valence-electron chi connectivity index (χ0n) is 10.9. The number of aryl methyl sites for hydroxylation is 1. The zero-order valence-corrected chi connectivity index (χ0v) is 12.5. The first kappa shape index (κ1) is 16.7. The smallest absolute Gasteiger partial charge is 0.371 e. The molecule has 1 aromatic rings. The summed E-state index contributed by atoms with van der Waals surface area (Å²) in [5.74, 6) is -2.02. The van der Waals surface area contributed by atoms with Crippen LogP contribution in [-0.2, 0) is 19.9 Å². The van der Waals surface area contributed by atoms with E-state index >= 15 is 0 Å². The van der Waals surface area contributed by atoms with Crippen LogP contribution in [0.15, 0.2) is 15.4 Å². The van der Waals surface area contributed by atoms with Crippen LogP contribution in [0.25, 0.3) is 0 Å². The number of furan rings is 1. The molecule has 1 heterocycles. The number of hydrogen-bond donors (Lipinski definition) is 2. The molecule has 0 unspecified atom stereocenters. The van der Waals surface area contributed by atoms with Gasteiger partial charge in [0, 0.05) is 18.9 Å². The Labute approximate surface area is 116 Å². The number of rotatable bonds is 7. The van der Waals surface area contributed by atoms with E-state index in [9.17, 15) is 21.6 Å². The number of aromatic carboxylic acids is 1. The maximum Gasteiger partial charge on any atom is 0.371 e. The van der Waals surface area contributed by atoms with Crippen LogP contribution >= 0.6 is 0 Å². The highest BCUT2D eigenvalue weighted by atomic mass is 32.2. The second-order valence-corrected chi connectivity index (χ2v) is 8.21. The predicted molar refractivity (Wildman–Crippen MR) is 69.9 cm³/mol. The standard InChI is InChI=1S/C10H15NO7S2/c1-7-9(6-8(18-7)10(12)13)20(16,17)11-4-3-5-19(2,14)15/h6,11H,3-5H2,1-2H3,(H,12,13). The Morgan fingerprint density at radius 2 is 1.95 bits per heavy atom. The minimum atomic E-state index is -3.92. The van der Waals surface area contributed by atoms with Gasteiger partial charge < -0.3 is 9.52 Å². The van der Waals surface area contributed by atoms with E-state index in [2.05, 4.69) is 4.72 Å². The van der Waals surface area contributed by atoms with Crippen molar-refractivity contribution in [1.29, 1.82) is 0 Å². The lowest BCUT2D eigenvalue weighted by atomic mass is 10.4. The van der Waals surface area contributed by atoms with Gasteiger partial charge in [0.15, 0.2) is 0 Å². The predicted octanol–water partition coefficient (Wildman–Crippen LogP) is -0.000780. The lowest BCUT2D eigenvalue weighted by molar-refractivity contribution is 0.0661. The van der Waals surface area contributed by atoms with Crippen molar-refractivity contribution in [2.45, 2.75) is 18.2 Å². The Balaban J connectivity index is 2.77. The molecule has 1 rings (SSSR count). The van der Waals surface area contributed by atoms with Gasteiger partial charge in [0.05, 0.1) is 5.75 Å². The van der Waals surface area contributed by atoms with Gasteiger partial charge in [-0.05, 0) is 13.3 Å². The average Bonchev–Trinajstić information content (AvgIpc) is 2.66. The molecule has 1 aromatic heterocycles. The normalized spacial score (nSPS) is 12.5. The molecule has 0 bridgehead atoms. The molecule has 20 heavy (non-hydrogen) atoms. The fourth-order valence-corrected chi connectivity index (χ4v) is 3.38. The molecule has 0 amide bonds. The molecular weight excluding hydrogens is 310 g/mol. The minimum Gasteiger partial charge on any atom is -0.475 e. The molecule has 0 saturated carbocycles. The number of carboxylic acid groups (broad SMARTS) is 1. The second kappa shape index (κ2) is 5.94. The molecular formula is C10H15NO7S2. The lowest BCUT2D eigenvalue weighted by Crippen LogP contribution is -2.26. The Morgan fingerprint density at radius 1 is 1.35 bits per heavy atom. The number of sulfone groups is 1. The van der Waals surface area contributed by atoms with E-state index in [4.69, 9.17) is 9.52 Å². The van der Waals surface area contributed by atoms with E-state index in [1.807, 2.05) is 0 Å². The Bertz CT molecular complexity index is 700. The van der Waals surface area contributed by atoms with E-state index in [0.29, 0.717) is 0 Å². The molecule has 0 aliphatic heterocycles. The maximum atomic E-state index is 11.9. The molecule has 0 aromatic carbocycles. The van der Waals surface area contributed by atoms with Gasteiger partial charge in [-0.3, -0.25) is 0 Å². The van der Waals surface area contributed by atoms with Crippen LogP contribution in [0.5, 0.6) is 0 Å². The third kappa shape index (κ3) is 4.62. The van der Waals surface area contributed by atoms with Crippen LogP contribution in [0.4, 0.5) is 0 Å². The highest BCUT2D eigenvalue weighted by molar-refractivity contribution is 7.90. The number of carbonyl (C=O) groups is 1. The van der Waals surface area contributed by atoms with Crippen molar-refractivity contribution in [2.75, 3.05) is 18.6 Å². The summed E-state index contributed by atoms with van der Waals surface area (Å²) in [6.45, 7) is 1.26. The van der Waals surface area contributed by atoms with Crippen molar-refractivity contribution in [3.8, 4) is 0 Å². The summed E-state index contributed by atoms with van der Waals surface area (Å²) in [5, 5.41) is 8.72. The molecule has 0 aliphatic carbocycles. The third-order valence-corrected chi connectivity index (χ3v) is 4.96. The Morgan fingerprint density at radius 3 is 2.40 bits per heavy atom. The highest BCUT2D eigenvalue weighted by Crippen LogP contribution is 2.19. The third-order valence-electron chi connectivity index (χ3n) is 2.36. The maximum absolute atomic E-state index is 11.9. The fourth-order valence-electron chi connectivity index (χ4n) is 1.46. The average molecular weight is 325 g/mol. The number of sulfonamides is 1. The van der Waals surface area contributed by atoms with E-state index in [1.54, 1.807) is 0 Å².